The van der Waals surface area contributed by atoms with Gasteiger partial charge in [0.15, 0.2) is 0 Å². The van der Waals surface area contributed by atoms with E-state index >= 15 is 0 Å². The van der Waals surface area contributed by atoms with Crippen LogP contribution in [0.15, 0.2) is 24.8 Å². The van der Waals surface area contributed by atoms with Crippen molar-refractivity contribution in [3.05, 3.63) is 24.8 Å². The molecule has 1 saturated heterocycles. The number of rotatable bonds is 5. The predicted octanol–water partition coefficient (Wildman–Crippen LogP) is 3.57. The van der Waals surface area contributed by atoms with Gasteiger partial charge in [0.1, 0.15) is 0 Å². The molecule has 116 valence electrons. The van der Waals surface area contributed by atoms with Gasteiger partial charge in [-0.2, -0.15) is 0 Å². The second kappa shape index (κ2) is 7.82. The van der Waals surface area contributed by atoms with Crippen molar-refractivity contribution in [2.75, 3.05) is 0 Å². The molecule has 4 unspecified atom stereocenters. The first-order valence-electron chi connectivity index (χ1n) is 8.40. The molecule has 1 spiro atoms. The molecule has 0 radical (unpaired) electrons. The van der Waals surface area contributed by atoms with E-state index in [1.807, 2.05) is 12.2 Å². The first-order chi connectivity index (χ1) is 10.2. The Balaban J connectivity index is 2.07. The Morgan fingerprint density at radius 3 is 2.81 bits per heavy atom. The molecule has 1 aliphatic heterocycles. The maximum absolute atomic E-state index is 10.5. The molecule has 1 heterocycles. The highest BCUT2D eigenvalue weighted by Gasteiger charge is 2.45. The number of piperidine rings is 1. The van der Waals surface area contributed by atoms with Crippen LogP contribution in [0.25, 0.3) is 0 Å². The van der Waals surface area contributed by atoms with Gasteiger partial charge < -0.3 is 10.4 Å². The van der Waals surface area contributed by atoms with E-state index in [9.17, 15) is 5.11 Å². The number of allylic oxidation sites excluding steroid dienone is 2. The maximum Gasteiger partial charge on any atom is 0.0620 e. The Kier molecular flexibility index (Phi) is 6.08. The molecule has 0 bridgehead atoms. The van der Waals surface area contributed by atoms with Crippen LogP contribution >= 0.6 is 0 Å². The van der Waals surface area contributed by atoms with E-state index in [4.69, 9.17) is 6.42 Å². The van der Waals surface area contributed by atoms with Crippen LogP contribution in [-0.4, -0.2) is 22.8 Å². The van der Waals surface area contributed by atoms with Gasteiger partial charge in [-0.25, -0.2) is 0 Å². The van der Waals surface area contributed by atoms with Gasteiger partial charge in [0, 0.05) is 23.9 Å². The minimum atomic E-state index is -0.230. The monoisotopic (exact) mass is 287 g/mol. The quantitative estimate of drug-likeness (QED) is 0.460. The zero-order chi connectivity index (χ0) is 15.1. The molecule has 21 heavy (non-hydrogen) atoms. The van der Waals surface area contributed by atoms with Crippen molar-refractivity contribution in [3.63, 3.8) is 0 Å². The van der Waals surface area contributed by atoms with E-state index in [1.54, 1.807) is 0 Å². The van der Waals surface area contributed by atoms with Gasteiger partial charge in [-0.3, -0.25) is 0 Å². The van der Waals surface area contributed by atoms with Gasteiger partial charge in [0.25, 0.3) is 0 Å². The summed E-state index contributed by atoms with van der Waals surface area (Å²) in [5, 5.41) is 14.4. The van der Waals surface area contributed by atoms with Crippen molar-refractivity contribution in [2.24, 2.45) is 5.92 Å². The Hall–Kier alpha value is -1.04. The van der Waals surface area contributed by atoms with Crippen LogP contribution in [0.3, 0.4) is 0 Å². The molecule has 0 amide bonds. The second-order valence-electron chi connectivity index (χ2n) is 6.59. The maximum atomic E-state index is 10.5. The normalized spacial score (nSPS) is 36.7. The molecule has 2 aliphatic rings. The standard InChI is InChI=1S/C19H29NO/c1-3-5-7-10-16-11-8-14-19(20-16)15-9-13-18(21)17(19)12-6-4-2/h1,4,6,12,16-18,20-21H,2,5,7-11,13-15H2. The zero-order valence-electron chi connectivity index (χ0n) is 13.1. The number of hydrogen-bond donors (Lipinski definition) is 2. The van der Waals surface area contributed by atoms with Crippen molar-refractivity contribution in [1.29, 1.82) is 0 Å². The van der Waals surface area contributed by atoms with E-state index in [1.165, 1.54) is 25.7 Å². The van der Waals surface area contributed by atoms with E-state index < -0.39 is 0 Å². The number of hydrogen-bond acceptors (Lipinski definition) is 2. The fourth-order valence-electron chi connectivity index (χ4n) is 4.19. The number of aliphatic hydroxyl groups excluding tert-OH is 1. The SMILES string of the molecule is C#CCCCC1CCCC2(CCCC(O)C2C=CC=C)N1. The lowest BCUT2D eigenvalue weighted by atomic mass is 9.66. The summed E-state index contributed by atoms with van der Waals surface area (Å²) in [5.74, 6) is 2.94. The summed E-state index contributed by atoms with van der Waals surface area (Å²) in [5.41, 5.74) is 0.0796. The van der Waals surface area contributed by atoms with Crippen LogP contribution < -0.4 is 5.32 Å². The fraction of sp³-hybridized carbons (Fsp3) is 0.684. The second-order valence-corrected chi connectivity index (χ2v) is 6.59. The molecule has 2 nitrogen and oxygen atoms in total. The summed E-state index contributed by atoms with van der Waals surface area (Å²) in [6, 6.07) is 0.553. The van der Waals surface area contributed by atoms with Crippen molar-refractivity contribution < 1.29 is 5.11 Å². The van der Waals surface area contributed by atoms with Crippen LogP contribution in [0, 0.1) is 18.3 Å². The third-order valence-electron chi connectivity index (χ3n) is 5.17. The van der Waals surface area contributed by atoms with Gasteiger partial charge in [-0.15, -0.1) is 12.3 Å². The molecule has 0 aromatic heterocycles. The Morgan fingerprint density at radius 2 is 2.10 bits per heavy atom. The van der Waals surface area contributed by atoms with Gasteiger partial charge in [0.05, 0.1) is 6.10 Å². The molecule has 2 N–H and O–H groups in total. The lowest BCUT2D eigenvalue weighted by molar-refractivity contribution is 0.00276. The van der Waals surface area contributed by atoms with Crippen LogP contribution in [0.5, 0.6) is 0 Å². The highest BCUT2D eigenvalue weighted by atomic mass is 16.3. The third kappa shape index (κ3) is 3.99. The lowest BCUT2D eigenvalue weighted by Gasteiger charge is -2.51. The van der Waals surface area contributed by atoms with Crippen molar-refractivity contribution in [1.82, 2.24) is 5.32 Å². The highest BCUT2D eigenvalue weighted by Crippen LogP contribution is 2.42. The van der Waals surface area contributed by atoms with Crippen LogP contribution in [0.1, 0.15) is 57.8 Å². The third-order valence-corrected chi connectivity index (χ3v) is 5.17. The topological polar surface area (TPSA) is 32.3 Å². The molecule has 2 fully saturated rings. The van der Waals surface area contributed by atoms with Gasteiger partial charge in [0.2, 0.25) is 0 Å². The Morgan fingerprint density at radius 1 is 1.33 bits per heavy atom. The largest absolute Gasteiger partial charge is 0.392 e. The number of terminal acetylenes is 1. The highest BCUT2D eigenvalue weighted by molar-refractivity contribution is 5.14. The van der Waals surface area contributed by atoms with Crippen LogP contribution in [0.4, 0.5) is 0 Å². The summed E-state index contributed by atoms with van der Waals surface area (Å²) in [6.45, 7) is 3.76. The summed E-state index contributed by atoms with van der Waals surface area (Å²) in [7, 11) is 0. The minimum absolute atomic E-state index is 0.0796. The zero-order valence-corrected chi connectivity index (χ0v) is 13.1. The number of aliphatic hydroxyl groups is 1. The summed E-state index contributed by atoms with van der Waals surface area (Å²) in [4.78, 5) is 0. The van der Waals surface area contributed by atoms with E-state index in [-0.39, 0.29) is 17.6 Å². The van der Waals surface area contributed by atoms with Crippen molar-refractivity contribution in [3.8, 4) is 12.3 Å². The van der Waals surface area contributed by atoms with Gasteiger partial charge in [-0.1, -0.05) is 31.2 Å². The van der Waals surface area contributed by atoms with E-state index in [0.717, 1.165) is 32.1 Å². The molecular formula is C19H29NO. The first kappa shape index (κ1) is 16.3. The molecule has 2 heteroatoms. The fourth-order valence-corrected chi connectivity index (χ4v) is 4.19. The average Bonchev–Trinajstić information content (AvgIpc) is 2.47. The number of unbranched alkanes of at least 4 members (excludes halogenated alkanes) is 1. The molecule has 0 aromatic carbocycles. The molecular weight excluding hydrogens is 258 g/mol. The molecule has 0 aromatic rings. The average molecular weight is 287 g/mol. The van der Waals surface area contributed by atoms with Gasteiger partial charge >= 0.3 is 0 Å². The van der Waals surface area contributed by atoms with Crippen LogP contribution in [0.2, 0.25) is 0 Å². The molecule has 4 atom stereocenters. The number of nitrogens with one attached hydrogen (secondary N) is 1. The summed E-state index contributed by atoms with van der Waals surface area (Å²) >= 11 is 0. The van der Waals surface area contributed by atoms with E-state index in [0.29, 0.717) is 6.04 Å². The summed E-state index contributed by atoms with van der Waals surface area (Å²) < 4.78 is 0. The Labute approximate surface area is 129 Å². The van der Waals surface area contributed by atoms with E-state index in [2.05, 4.69) is 23.9 Å². The first-order valence-corrected chi connectivity index (χ1v) is 8.40. The lowest BCUT2D eigenvalue weighted by Crippen LogP contribution is -2.61. The predicted molar refractivity (Wildman–Crippen MR) is 88.9 cm³/mol. The van der Waals surface area contributed by atoms with Gasteiger partial charge in [-0.05, 0) is 44.9 Å². The van der Waals surface area contributed by atoms with Crippen LogP contribution in [-0.2, 0) is 0 Å². The molecule has 1 saturated carbocycles. The molecule has 2 rings (SSSR count). The smallest absolute Gasteiger partial charge is 0.0620 e. The van der Waals surface area contributed by atoms with Crippen molar-refractivity contribution >= 4 is 0 Å². The molecule has 1 aliphatic carbocycles. The summed E-state index contributed by atoms with van der Waals surface area (Å²) in [6.07, 6.45) is 21.1. The van der Waals surface area contributed by atoms with Crippen molar-refractivity contribution in [2.45, 2.75) is 75.5 Å². The Bertz CT molecular complexity index is 404. The minimum Gasteiger partial charge on any atom is -0.392 e.